The van der Waals surface area contributed by atoms with E-state index >= 15 is 0 Å². The molecule has 1 atom stereocenters. The molecule has 0 aliphatic heterocycles. The smallest absolute Gasteiger partial charge is 0.220 e. The molecular weight excluding hydrogens is 190 g/mol. The van der Waals surface area contributed by atoms with Crippen molar-refractivity contribution < 1.29 is 9.53 Å². The molecule has 0 aromatic heterocycles. The predicted molar refractivity (Wildman–Crippen MR) is 59.0 cm³/mol. The van der Waals surface area contributed by atoms with Crippen LogP contribution in [0, 0.1) is 0 Å². The molecule has 0 saturated heterocycles. The summed E-state index contributed by atoms with van der Waals surface area (Å²) in [6, 6.07) is 9.75. The first-order valence-electron chi connectivity index (χ1n) is 4.78. The summed E-state index contributed by atoms with van der Waals surface area (Å²) in [5.41, 5.74) is 6.13. The molecule has 1 aromatic carbocycles. The number of benzene rings is 1. The molecule has 0 aliphatic carbocycles. The van der Waals surface area contributed by atoms with Crippen molar-refractivity contribution in [1.29, 1.82) is 0 Å². The van der Waals surface area contributed by atoms with Gasteiger partial charge in [-0.3, -0.25) is 4.79 Å². The Kier molecular flexibility index (Phi) is 4.57. The summed E-state index contributed by atoms with van der Waals surface area (Å²) < 4.78 is 5.47. The van der Waals surface area contributed by atoms with Crippen molar-refractivity contribution in [3.05, 3.63) is 48.6 Å². The summed E-state index contributed by atoms with van der Waals surface area (Å²) in [4.78, 5) is 10.7. The van der Waals surface area contributed by atoms with E-state index in [9.17, 15) is 4.79 Å². The second-order valence-corrected chi connectivity index (χ2v) is 3.24. The molecule has 0 fully saturated rings. The zero-order chi connectivity index (χ0) is 11.1. The maximum atomic E-state index is 10.7. The monoisotopic (exact) mass is 205 g/mol. The van der Waals surface area contributed by atoms with Crippen LogP contribution in [0.5, 0.6) is 0 Å². The molecule has 3 nitrogen and oxygen atoms in total. The number of carbonyl (C=O) groups excluding carboxylic acids is 1. The van der Waals surface area contributed by atoms with Crippen molar-refractivity contribution in [2.24, 2.45) is 5.73 Å². The van der Waals surface area contributed by atoms with Gasteiger partial charge in [-0.1, -0.05) is 36.4 Å². The lowest BCUT2D eigenvalue weighted by Gasteiger charge is -2.11. The zero-order valence-electron chi connectivity index (χ0n) is 8.56. The predicted octanol–water partition coefficient (Wildman–Crippen LogP) is 1.63. The molecule has 0 spiro atoms. The SMILES string of the molecule is C=C[C@H](CC(N)=O)OCc1ccccc1. The van der Waals surface area contributed by atoms with E-state index in [-0.39, 0.29) is 18.4 Å². The van der Waals surface area contributed by atoms with Gasteiger partial charge in [0, 0.05) is 0 Å². The summed E-state index contributed by atoms with van der Waals surface area (Å²) in [6.07, 6.45) is 1.46. The highest BCUT2D eigenvalue weighted by molar-refractivity contribution is 5.74. The average molecular weight is 205 g/mol. The van der Waals surface area contributed by atoms with Crippen LogP contribution in [0.1, 0.15) is 12.0 Å². The van der Waals surface area contributed by atoms with Gasteiger partial charge < -0.3 is 10.5 Å². The molecule has 0 saturated carbocycles. The second kappa shape index (κ2) is 5.98. The van der Waals surface area contributed by atoms with Gasteiger partial charge in [-0.15, -0.1) is 6.58 Å². The number of nitrogens with two attached hydrogens (primary N) is 1. The highest BCUT2D eigenvalue weighted by atomic mass is 16.5. The fraction of sp³-hybridized carbons (Fsp3) is 0.250. The minimum absolute atomic E-state index is 0.177. The van der Waals surface area contributed by atoms with E-state index in [1.807, 2.05) is 30.3 Å². The summed E-state index contributed by atoms with van der Waals surface area (Å²) >= 11 is 0. The largest absolute Gasteiger partial charge is 0.370 e. The van der Waals surface area contributed by atoms with E-state index in [4.69, 9.17) is 10.5 Å². The first kappa shape index (κ1) is 11.5. The fourth-order valence-corrected chi connectivity index (χ4v) is 1.19. The molecule has 0 aliphatic rings. The maximum Gasteiger partial charge on any atom is 0.220 e. The standard InChI is InChI=1S/C12H15NO2/c1-2-11(8-12(13)14)15-9-10-6-4-3-5-7-10/h2-7,11H,1,8-9H2,(H2,13,14)/t11-/m1/s1. The highest BCUT2D eigenvalue weighted by Gasteiger charge is 2.07. The lowest BCUT2D eigenvalue weighted by Crippen LogP contribution is -2.20. The summed E-state index contributed by atoms with van der Waals surface area (Å²) in [6.45, 7) is 4.06. The van der Waals surface area contributed by atoms with Crippen molar-refractivity contribution in [3.8, 4) is 0 Å². The Morgan fingerprint density at radius 1 is 1.47 bits per heavy atom. The van der Waals surface area contributed by atoms with Gasteiger partial charge >= 0.3 is 0 Å². The summed E-state index contributed by atoms with van der Waals surface area (Å²) in [5.74, 6) is -0.382. The van der Waals surface area contributed by atoms with Crippen molar-refractivity contribution in [3.63, 3.8) is 0 Å². The third kappa shape index (κ3) is 4.42. The molecule has 1 aromatic rings. The Hall–Kier alpha value is -1.61. The minimum Gasteiger partial charge on any atom is -0.370 e. The quantitative estimate of drug-likeness (QED) is 0.718. The van der Waals surface area contributed by atoms with Crippen LogP contribution in [-0.4, -0.2) is 12.0 Å². The van der Waals surface area contributed by atoms with Crippen molar-refractivity contribution >= 4 is 5.91 Å². The summed E-state index contributed by atoms with van der Waals surface area (Å²) in [7, 11) is 0. The van der Waals surface area contributed by atoms with Crippen LogP contribution in [0.25, 0.3) is 0 Å². The molecule has 3 heteroatoms. The average Bonchev–Trinajstić information content (AvgIpc) is 2.25. The molecule has 0 radical (unpaired) electrons. The van der Waals surface area contributed by atoms with Gasteiger partial charge in [0.2, 0.25) is 5.91 Å². The summed E-state index contributed by atoms with van der Waals surface area (Å²) in [5, 5.41) is 0. The first-order chi connectivity index (χ1) is 7.22. The molecule has 0 heterocycles. The Balaban J connectivity index is 2.41. The number of carbonyl (C=O) groups is 1. The lowest BCUT2D eigenvalue weighted by molar-refractivity contribution is -0.120. The molecular formula is C12H15NO2. The Morgan fingerprint density at radius 2 is 2.13 bits per heavy atom. The number of amides is 1. The van der Waals surface area contributed by atoms with Gasteiger partial charge in [0.1, 0.15) is 0 Å². The number of hydrogen-bond acceptors (Lipinski definition) is 2. The van der Waals surface area contributed by atoms with Crippen LogP contribution in [0.15, 0.2) is 43.0 Å². The van der Waals surface area contributed by atoms with Crippen LogP contribution < -0.4 is 5.73 Å². The number of rotatable bonds is 6. The Morgan fingerprint density at radius 3 is 2.67 bits per heavy atom. The maximum absolute atomic E-state index is 10.7. The zero-order valence-corrected chi connectivity index (χ0v) is 8.56. The Bertz CT molecular complexity index is 322. The van der Waals surface area contributed by atoms with E-state index in [0.29, 0.717) is 6.61 Å². The third-order valence-electron chi connectivity index (χ3n) is 1.97. The van der Waals surface area contributed by atoms with Gasteiger partial charge in [0.05, 0.1) is 19.1 Å². The number of hydrogen-bond donors (Lipinski definition) is 1. The number of primary amides is 1. The molecule has 0 bridgehead atoms. The molecule has 2 N–H and O–H groups in total. The van der Waals surface area contributed by atoms with Gasteiger partial charge in [-0.2, -0.15) is 0 Å². The normalized spacial score (nSPS) is 12.0. The molecule has 1 amide bonds. The minimum atomic E-state index is -0.382. The van der Waals surface area contributed by atoms with Crippen molar-refractivity contribution in [1.82, 2.24) is 0 Å². The third-order valence-corrected chi connectivity index (χ3v) is 1.97. The van der Waals surface area contributed by atoms with Gasteiger partial charge in [-0.25, -0.2) is 0 Å². The van der Waals surface area contributed by atoms with Crippen LogP contribution in [0.4, 0.5) is 0 Å². The van der Waals surface area contributed by atoms with E-state index < -0.39 is 0 Å². The molecule has 1 rings (SSSR count). The van der Waals surface area contributed by atoms with Gasteiger partial charge in [0.15, 0.2) is 0 Å². The van der Waals surface area contributed by atoms with E-state index in [0.717, 1.165) is 5.56 Å². The topological polar surface area (TPSA) is 52.3 Å². The molecule has 0 unspecified atom stereocenters. The Labute approximate surface area is 89.5 Å². The molecule has 15 heavy (non-hydrogen) atoms. The van der Waals surface area contributed by atoms with Crippen LogP contribution in [0.2, 0.25) is 0 Å². The van der Waals surface area contributed by atoms with Crippen molar-refractivity contribution in [2.75, 3.05) is 0 Å². The second-order valence-electron chi connectivity index (χ2n) is 3.24. The van der Waals surface area contributed by atoms with Gasteiger partial charge in [0.25, 0.3) is 0 Å². The van der Waals surface area contributed by atoms with Crippen molar-refractivity contribution in [2.45, 2.75) is 19.1 Å². The van der Waals surface area contributed by atoms with Gasteiger partial charge in [-0.05, 0) is 5.56 Å². The highest BCUT2D eigenvalue weighted by Crippen LogP contribution is 2.06. The van der Waals surface area contributed by atoms with Crippen LogP contribution >= 0.6 is 0 Å². The van der Waals surface area contributed by atoms with Crippen LogP contribution in [0.3, 0.4) is 0 Å². The fourth-order valence-electron chi connectivity index (χ4n) is 1.19. The van der Waals surface area contributed by atoms with E-state index in [2.05, 4.69) is 6.58 Å². The first-order valence-corrected chi connectivity index (χ1v) is 4.78. The van der Waals surface area contributed by atoms with E-state index in [1.165, 1.54) is 0 Å². The van der Waals surface area contributed by atoms with Crippen LogP contribution in [-0.2, 0) is 16.1 Å². The number of ether oxygens (including phenoxy) is 1. The molecule has 80 valence electrons. The lowest BCUT2D eigenvalue weighted by atomic mass is 10.2. The van der Waals surface area contributed by atoms with E-state index in [1.54, 1.807) is 6.08 Å².